The summed E-state index contributed by atoms with van der Waals surface area (Å²) in [6.07, 6.45) is 6.58. The molecule has 19 heavy (non-hydrogen) atoms. The van der Waals surface area contributed by atoms with Crippen molar-refractivity contribution in [1.82, 2.24) is 0 Å². The molecule has 0 spiro atoms. The first kappa shape index (κ1) is 15.0. The van der Waals surface area contributed by atoms with Crippen LogP contribution in [0.1, 0.15) is 25.3 Å². The Bertz CT molecular complexity index is 433. The molecule has 1 rings (SSSR count). The van der Waals surface area contributed by atoms with Gasteiger partial charge in [-0.05, 0) is 30.6 Å². The molecule has 0 aliphatic rings. The summed E-state index contributed by atoms with van der Waals surface area (Å²) in [7, 11) is 1.40. The van der Waals surface area contributed by atoms with Crippen LogP contribution in [0.4, 0.5) is 0 Å². The molecule has 0 N–H and O–H groups in total. The lowest BCUT2D eigenvalue weighted by molar-refractivity contribution is -0.140. The minimum atomic E-state index is -0.205. The summed E-state index contributed by atoms with van der Waals surface area (Å²) in [5.74, 6) is -0.205. The Morgan fingerprint density at radius 1 is 1.21 bits per heavy atom. The minimum absolute atomic E-state index is 0.205. The second-order valence-electron chi connectivity index (χ2n) is 3.96. The zero-order valence-electron chi connectivity index (χ0n) is 11.5. The van der Waals surface area contributed by atoms with Gasteiger partial charge in [0.2, 0.25) is 0 Å². The van der Waals surface area contributed by atoms with E-state index in [9.17, 15) is 4.79 Å². The summed E-state index contributed by atoms with van der Waals surface area (Å²) in [5.41, 5.74) is 2.13. The zero-order chi connectivity index (χ0) is 13.9. The smallest absolute Gasteiger partial charge is 0.305 e. The molecular weight excluding hydrogens is 240 g/mol. The number of hydrogen-bond donors (Lipinski definition) is 0. The Morgan fingerprint density at radius 2 is 1.95 bits per heavy atom. The van der Waals surface area contributed by atoms with Crippen LogP contribution in [0.5, 0.6) is 0 Å². The van der Waals surface area contributed by atoms with Crippen LogP contribution in [-0.4, -0.2) is 19.7 Å². The number of rotatable bonds is 7. The lowest BCUT2D eigenvalue weighted by Gasteiger charge is -2.03. The molecule has 0 saturated carbocycles. The third-order valence-corrected chi connectivity index (χ3v) is 2.54. The largest absolute Gasteiger partial charge is 0.501 e. The van der Waals surface area contributed by atoms with Crippen molar-refractivity contribution in [2.24, 2.45) is 0 Å². The SMILES string of the molecule is CCO/C=C/C(=C\c1ccccc1)CCC(=O)OC. The van der Waals surface area contributed by atoms with Crippen molar-refractivity contribution in [3.63, 3.8) is 0 Å². The van der Waals surface area contributed by atoms with Crippen LogP contribution in [0.3, 0.4) is 0 Å². The molecule has 3 heteroatoms. The fourth-order valence-electron chi connectivity index (χ4n) is 1.55. The summed E-state index contributed by atoms with van der Waals surface area (Å²) in [5, 5.41) is 0. The number of carbonyl (C=O) groups excluding carboxylic acids is 1. The Balaban J connectivity index is 2.74. The van der Waals surface area contributed by atoms with Crippen LogP contribution in [0, 0.1) is 0 Å². The summed E-state index contributed by atoms with van der Waals surface area (Å²) in [6.45, 7) is 2.56. The van der Waals surface area contributed by atoms with Gasteiger partial charge < -0.3 is 9.47 Å². The van der Waals surface area contributed by atoms with Gasteiger partial charge in [0.1, 0.15) is 0 Å². The lowest BCUT2D eigenvalue weighted by Crippen LogP contribution is -1.99. The van der Waals surface area contributed by atoms with Crippen LogP contribution in [-0.2, 0) is 14.3 Å². The van der Waals surface area contributed by atoms with E-state index >= 15 is 0 Å². The van der Waals surface area contributed by atoms with Crippen molar-refractivity contribution in [2.75, 3.05) is 13.7 Å². The standard InChI is InChI=1S/C16H20O3/c1-3-19-12-11-15(9-10-16(17)18-2)13-14-7-5-4-6-8-14/h4-8,11-13H,3,9-10H2,1-2H3/b12-11+,15-13-. The molecule has 0 amide bonds. The predicted molar refractivity (Wildman–Crippen MR) is 76.4 cm³/mol. The maximum absolute atomic E-state index is 11.2. The minimum Gasteiger partial charge on any atom is -0.501 e. The molecular formula is C16H20O3. The highest BCUT2D eigenvalue weighted by Gasteiger charge is 2.02. The summed E-state index contributed by atoms with van der Waals surface area (Å²) in [6, 6.07) is 9.98. The van der Waals surface area contributed by atoms with Crippen molar-refractivity contribution in [1.29, 1.82) is 0 Å². The zero-order valence-corrected chi connectivity index (χ0v) is 11.5. The van der Waals surface area contributed by atoms with Crippen molar-refractivity contribution in [2.45, 2.75) is 19.8 Å². The molecule has 0 fully saturated rings. The number of methoxy groups -OCH3 is 1. The molecule has 102 valence electrons. The van der Waals surface area contributed by atoms with Crippen LogP contribution in [0.25, 0.3) is 6.08 Å². The highest BCUT2D eigenvalue weighted by atomic mass is 16.5. The van der Waals surface area contributed by atoms with Gasteiger partial charge in [0.15, 0.2) is 0 Å². The van der Waals surface area contributed by atoms with Gasteiger partial charge in [0, 0.05) is 6.42 Å². The van der Waals surface area contributed by atoms with Gasteiger partial charge in [-0.3, -0.25) is 4.79 Å². The average Bonchev–Trinajstić information content (AvgIpc) is 2.45. The molecule has 0 saturated heterocycles. The number of hydrogen-bond acceptors (Lipinski definition) is 3. The molecule has 0 bridgehead atoms. The first-order valence-corrected chi connectivity index (χ1v) is 6.37. The van der Waals surface area contributed by atoms with E-state index in [0.29, 0.717) is 19.4 Å². The van der Waals surface area contributed by atoms with Gasteiger partial charge in [-0.2, -0.15) is 0 Å². The molecule has 0 aliphatic heterocycles. The van der Waals surface area contributed by atoms with E-state index < -0.39 is 0 Å². The van der Waals surface area contributed by atoms with Crippen LogP contribution >= 0.6 is 0 Å². The van der Waals surface area contributed by atoms with Crippen molar-refractivity contribution < 1.29 is 14.3 Å². The normalized spacial score (nSPS) is 11.6. The third-order valence-electron chi connectivity index (χ3n) is 2.54. The molecule has 0 atom stereocenters. The monoisotopic (exact) mass is 260 g/mol. The topological polar surface area (TPSA) is 35.5 Å². The van der Waals surface area contributed by atoms with E-state index in [2.05, 4.69) is 4.74 Å². The average molecular weight is 260 g/mol. The third kappa shape index (κ3) is 6.46. The van der Waals surface area contributed by atoms with E-state index in [4.69, 9.17) is 4.74 Å². The van der Waals surface area contributed by atoms with Crippen LogP contribution in [0.2, 0.25) is 0 Å². The Morgan fingerprint density at radius 3 is 2.58 bits per heavy atom. The molecule has 0 radical (unpaired) electrons. The van der Waals surface area contributed by atoms with E-state index in [1.807, 2.05) is 49.4 Å². The molecule has 0 aliphatic carbocycles. The van der Waals surface area contributed by atoms with Gasteiger partial charge in [-0.15, -0.1) is 0 Å². The first-order chi connectivity index (χ1) is 9.26. The fourth-order valence-corrected chi connectivity index (χ4v) is 1.55. The molecule has 0 aromatic heterocycles. The molecule has 1 aromatic rings. The summed E-state index contributed by atoms with van der Waals surface area (Å²) >= 11 is 0. The summed E-state index contributed by atoms with van der Waals surface area (Å²) in [4.78, 5) is 11.2. The van der Waals surface area contributed by atoms with Crippen molar-refractivity contribution >= 4 is 12.0 Å². The van der Waals surface area contributed by atoms with Crippen molar-refractivity contribution in [3.8, 4) is 0 Å². The van der Waals surface area contributed by atoms with Crippen LogP contribution < -0.4 is 0 Å². The quantitative estimate of drug-likeness (QED) is 0.427. The van der Waals surface area contributed by atoms with Gasteiger partial charge in [-0.25, -0.2) is 0 Å². The second-order valence-corrected chi connectivity index (χ2v) is 3.96. The molecule has 0 heterocycles. The number of esters is 1. The van der Waals surface area contributed by atoms with Crippen molar-refractivity contribution in [3.05, 3.63) is 53.8 Å². The Labute approximate surface area is 114 Å². The van der Waals surface area contributed by atoms with Gasteiger partial charge in [0.25, 0.3) is 0 Å². The van der Waals surface area contributed by atoms with E-state index in [-0.39, 0.29) is 5.97 Å². The van der Waals surface area contributed by atoms with Crippen LogP contribution in [0.15, 0.2) is 48.2 Å². The predicted octanol–water partition coefficient (Wildman–Crippen LogP) is 3.57. The van der Waals surface area contributed by atoms with E-state index in [1.165, 1.54) is 7.11 Å². The van der Waals surface area contributed by atoms with E-state index in [0.717, 1.165) is 11.1 Å². The highest BCUT2D eigenvalue weighted by molar-refractivity contribution is 5.70. The van der Waals surface area contributed by atoms with Gasteiger partial charge in [-0.1, -0.05) is 36.4 Å². The first-order valence-electron chi connectivity index (χ1n) is 6.37. The maximum atomic E-state index is 11.2. The number of benzene rings is 1. The molecule has 0 unspecified atom stereocenters. The summed E-state index contributed by atoms with van der Waals surface area (Å²) < 4.78 is 9.85. The number of allylic oxidation sites excluding steroid dienone is 2. The lowest BCUT2D eigenvalue weighted by atomic mass is 10.1. The highest BCUT2D eigenvalue weighted by Crippen LogP contribution is 2.13. The van der Waals surface area contributed by atoms with Gasteiger partial charge >= 0.3 is 5.97 Å². The number of carbonyl (C=O) groups is 1. The Kier molecular flexibility index (Phi) is 7.10. The maximum Gasteiger partial charge on any atom is 0.305 e. The molecule has 3 nitrogen and oxygen atoms in total. The second kappa shape index (κ2) is 8.97. The van der Waals surface area contributed by atoms with Gasteiger partial charge in [0.05, 0.1) is 20.0 Å². The van der Waals surface area contributed by atoms with E-state index in [1.54, 1.807) is 6.26 Å². The molecule has 1 aromatic carbocycles. The fraction of sp³-hybridized carbons (Fsp3) is 0.312. The number of ether oxygens (including phenoxy) is 2. The Hall–Kier alpha value is -2.03.